The van der Waals surface area contributed by atoms with E-state index in [9.17, 15) is 14.7 Å². The molecule has 1 rings (SSSR count). The van der Waals surface area contributed by atoms with Gasteiger partial charge in [0.25, 0.3) is 0 Å². The zero-order chi connectivity index (χ0) is 14.4. The number of amides is 1. The van der Waals surface area contributed by atoms with E-state index in [4.69, 9.17) is 0 Å². The topological polar surface area (TPSA) is 69.6 Å². The molecule has 0 bridgehead atoms. The van der Waals surface area contributed by atoms with Crippen LogP contribution in [-0.2, 0) is 9.59 Å². The first-order valence-electron chi connectivity index (χ1n) is 6.87. The van der Waals surface area contributed by atoms with Crippen LogP contribution in [0.25, 0.3) is 0 Å². The van der Waals surface area contributed by atoms with Crippen LogP contribution in [0, 0.1) is 0 Å². The Morgan fingerprint density at radius 1 is 1.42 bits per heavy atom. The third kappa shape index (κ3) is 4.38. The number of rotatable bonds is 6. The number of nitrogens with zero attached hydrogens (tertiary/aromatic N) is 1. The standard InChI is InChI=1S/C13H24N2O3S/c1-4-10(5-2)14-12(16)9(3)15-6-7-19-8-11(15)13(17)18/h9-11H,4-8H2,1-3H3,(H,14,16)(H,17,18). The summed E-state index contributed by atoms with van der Waals surface area (Å²) in [5.41, 5.74) is 0. The van der Waals surface area contributed by atoms with Gasteiger partial charge in [0.1, 0.15) is 6.04 Å². The molecule has 0 radical (unpaired) electrons. The lowest BCUT2D eigenvalue weighted by molar-refractivity contribution is -0.144. The van der Waals surface area contributed by atoms with Gasteiger partial charge in [-0.05, 0) is 19.8 Å². The summed E-state index contributed by atoms with van der Waals surface area (Å²) in [7, 11) is 0. The summed E-state index contributed by atoms with van der Waals surface area (Å²) in [6, 6.07) is -0.763. The van der Waals surface area contributed by atoms with Crippen molar-refractivity contribution in [1.29, 1.82) is 0 Å². The molecule has 0 aromatic rings. The molecular weight excluding hydrogens is 264 g/mol. The Labute approximate surface area is 119 Å². The minimum absolute atomic E-state index is 0.0631. The molecule has 2 unspecified atom stereocenters. The first kappa shape index (κ1) is 16.3. The Bertz CT molecular complexity index is 321. The SMILES string of the molecule is CCC(CC)NC(=O)C(C)N1CCSCC1C(=O)O. The van der Waals surface area contributed by atoms with Crippen LogP contribution in [0.3, 0.4) is 0 Å². The Morgan fingerprint density at radius 2 is 2.05 bits per heavy atom. The summed E-state index contributed by atoms with van der Waals surface area (Å²) in [6.45, 7) is 6.52. The monoisotopic (exact) mass is 288 g/mol. The fourth-order valence-corrected chi connectivity index (χ4v) is 3.32. The van der Waals surface area contributed by atoms with Crippen LogP contribution in [0.5, 0.6) is 0 Å². The van der Waals surface area contributed by atoms with Crippen molar-refractivity contribution in [3.63, 3.8) is 0 Å². The second kappa shape index (κ2) is 7.75. The molecule has 2 N–H and O–H groups in total. The van der Waals surface area contributed by atoms with E-state index in [0.717, 1.165) is 18.6 Å². The van der Waals surface area contributed by atoms with E-state index < -0.39 is 12.0 Å². The second-order valence-electron chi connectivity index (χ2n) is 4.86. The number of nitrogens with one attached hydrogen (secondary N) is 1. The fraction of sp³-hybridized carbons (Fsp3) is 0.846. The summed E-state index contributed by atoms with van der Waals surface area (Å²) < 4.78 is 0. The molecule has 0 spiro atoms. The van der Waals surface area contributed by atoms with Crippen molar-refractivity contribution in [3.8, 4) is 0 Å². The Kier molecular flexibility index (Phi) is 6.65. The zero-order valence-electron chi connectivity index (χ0n) is 11.9. The summed E-state index contributed by atoms with van der Waals surface area (Å²) in [4.78, 5) is 25.2. The van der Waals surface area contributed by atoms with E-state index in [1.54, 1.807) is 23.6 Å². The molecule has 1 amide bonds. The largest absolute Gasteiger partial charge is 0.480 e. The van der Waals surface area contributed by atoms with E-state index >= 15 is 0 Å². The summed E-state index contributed by atoms with van der Waals surface area (Å²) >= 11 is 1.63. The average molecular weight is 288 g/mol. The highest BCUT2D eigenvalue weighted by atomic mass is 32.2. The maximum atomic E-state index is 12.2. The van der Waals surface area contributed by atoms with E-state index in [2.05, 4.69) is 5.32 Å². The molecule has 0 aromatic carbocycles. The van der Waals surface area contributed by atoms with Gasteiger partial charge < -0.3 is 10.4 Å². The van der Waals surface area contributed by atoms with Crippen LogP contribution < -0.4 is 5.32 Å². The van der Waals surface area contributed by atoms with Crippen molar-refractivity contribution in [2.75, 3.05) is 18.1 Å². The average Bonchev–Trinajstić information content (AvgIpc) is 2.43. The molecule has 1 aliphatic rings. The second-order valence-corrected chi connectivity index (χ2v) is 6.01. The van der Waals surface area contributed by atoms with Crippen molar-refractivity contribution in [1.82, 2.24) is 10.2 Å². The highest BCUT2D eigenvalue weighted by molar-refractivity contribution is 7.99. The van der Waals surface area contributed by atoms with Gasteiger partial charge in [-0.2, -0.15) is 11.8 Å². The van der Waals surface area contributed by atoms with E-state index in [1.165, 1.54) is 0 Å². The number of aliphatic carboxylic acids is 1. The summed E-state index contributed by atoms with van der Waals surface area (Å²) in [6.07, 6.45) is 1.79. The third-order valence-electron chi connectivity index (χ3n) is 3.66. The van der Waals surface area contributed by atoms with Gasteiger partial charge >= 0.3 is 5.97 Å². The predicted octanol–water partition coefficient (Wildman–Crippen LogP) is 1.18. The lowest BCUT2D eigenvalue weighted by Gasteiger charge is -2.36. The first-order valence-corrected chi connectivity index (χ1v) is 8.03. The highest BCUT2D eigenvalue weighted by Gasteiger charge is 2.35. The molecular formula is C13H24N2O3S. The van der Waals surface area contributed by atoms with Gasteiger partial charge in [0.05, 0.1) is 6.04 Å². The molecule has 0 aromatic heterocycles. The highest BCUT2D eigenvalue weighted by Crippen LogP contribution is 2.19. The first-order chi connectivity index (χ1) is 9.01. The zero-order valence-corrected chi connectivity index (χ0v) is 12.7. The lowest BCUT2D eigenvalue weighted by Crippen LogP contribution is -2.56. The molecule has 1 fully saturated rings. The van der Waals surface area contributed by atoms with Gasteiger partial charge in [-0.25, -0.2) is 0 Å². The minimum Gasteiger partial charge on any atom is -0.480 e. The molecule has 5 nitrogen and oxygen atoms in total. The van der Waals surface area contributed by atoms with Crippen molar-refractivity contribution in [2.24, 2.45) is 0 Å². The van der Waals surface area contributed by atoms with Crippen molar-refractivity contribution in [3.05, 3.63) is 0 Å². The molecule has 6 heteroatoms. The number of hydrogen-bond donors (Lipinski definition) is 2. The number of carboxylic acids is 1. The van der Waals surface area contributed by atoms with E-state index in [1.807, 2.05) is 13.8 Å². The van der Waals surface area contributed by atoms with Gasteiger partial charge in [-0.1, -0.05) is 13.8 Å². The number of hydrogen-bond acceptors (Lipinski definition) is 4. The quantitative estimate of drug-likeness (QED) is 0.768. The van der Waals surface area contributed by atoms with Crippen LogP contribution in [0.15, 0.2) is 0 Å². The maximum absolute atomic E-state index is 12.2. The molecule has 19 heavy (non-hydrogen) atoms. The molecule has 110 valence electrons. The normalized spacial score (nSPS) is 22.2. The van der Waals surface area contributed by atoms with Crippen LogP contribution >= 0.6 is 11.8 Å². The molecule has 0 aliphatic carbocycles. The molecule has 1 heterocycles. The minimum atomic E-state index is -0.839. The van der Waals surface area contributed by atoms with Crippen LogP contribution in [0.1, 0.15) is 33.6 Å². The third-order valence-corrected chi connectivity index (χ3v) is 4.69. The summed E-state index contributed by atoms with van der Waals surface area (Å²) in [5, 5.41) is 12.2. The van der Waals surface area contributed by atoms with Gasteiger partial charge in [0, 0.05) is 24.1 Å². The fourth-order valence-electron chi connectivity index (χ4n) is 2.26. The predicted molar refractivity (Wildman–Crippen MR) is 77.4 cm³/mol. The Balaban J connectivity index is 2.65. The molecule has 2 atom stereocenters. The number of carboxylic acid groups (broad SMARTS) is 1. The van der Waals surface area contributed by atoms with E-state index in [0.29, 0.717) is 12.3 Å². The van der Waals surface area contributed by atoms with Gasteiger partial charge in [0.15, 0.2) is 0 Å². The van der Waals surface area contributed by atoms with Crippen LogP contribution in [0.2, 0.25) is 0 Å². The Hall–Kier alpha value is -0.750. The number of carbonyl (C=O) groups is 2. The molecule has 1 aliphatic heterocycles. The van der Waals surface area contributed by atoms with Gasteiger partial charge in [-0.3, -0.25) is 14.5 Å². The van der Waals surface area contributed by atoms with Crippen LogP contribution in [0.4, 0.5) is 0 Å². The van der Waals surface area contributed by atoms with E-state index in [-0.39, 0.29) is 18.0 Å². The van der Waals surface area contributed by atoms with Crippen molar-refractivity contribution < 1.29 is 14.7 Å². The lowest BCUT2D eigenvalue weighted by atomic mass is 10.1. The summed E-state index contributed by atoms with van der Waals surface area (Å²) in [5.74, 6) is 0.533. The van der Waals surface area contributed by atoms with Crippen molar-refractivity contribution in [2.45, 2.75) is 51.7 Å². The number of carbonyl (C=O) groups excluding carboxylic acids is 1. The Morgan fingerprint density at radius 3 is 2.58 bits per heavy atom. The van der Waals surface area contributed by atoms with Gasteiger partial charge in [-0.15, -0.1) is 0 Å². The number of thioether (sulfide) groups is 1. The van der Waals surface area contributed by atoms with Gasteiger partial charge in [0.2, 0.25) is 5.91 Å². The van der Waals surface area contributed by atoms with Crippen molar-refractivity contribution >= 4 is 23.6 Å². The smallest absolute Gasteiger partial charge is 0.321 e. The van der Waals surface area contributed by atoms with Crippen LogP contribution in [-0.4, -0.2) is 58.1 Å². The molecule has 0 saturated carbocycles. The molecule has 1 saturated heterocycles. The maximum Gasteiger partial charge on any atom is 0.321 e.